The quantitative estimate of drug-likeness (QED) is 0.726. The molecular formula is C3H5Cl2N3OS. The molecule has 1 aromatic heterocycles. The van der Waals surface area contributed by atoms with Gasteiger partial charge in [0.1, 0.15) is 16.6 Å². The van der Waals surface area contributed by atoms with Crippen molar-refractivity contribution in [2.45, 2.75) is 6.61 Å². The van der Waals surface area contributed by atoms with E-state index in [1.54, 1.807) is 0 Å². The van der Waals surface area contributed by atoms with Gasteiger partial charge < -0.3 is 0 Å². The zero-order chi connectivity index (χ0) is 6.69. The van der Waals surface area contributed by atoms with Gasteiger partial charge in [0.25, 0.3) is 0 Å². The minimum Gasteiger partial charge on any atom is -0.298 e. The van der Waals surface area contributed by atoms with E-state index >= 15 is 0 Å². The minimum absolute atomic E-state index is 0. The van der Waals surface area contributed by atoms with Crippen LogP contribution >= 0.6 is 35.5 Å². The van der Waals surface area contributed by atoms with Crippen LogP contribution in [-0.4, -0.2) is 9.59 Å². The highest BCUT2D eigenvalue weighted by atomic mass is 35.5. The summed E-state index contributed by atoms with van der Waals surface area (Å²) in [6.45, 7) is 0.218. The molecule has 0 bridgehead atoms. The second-order valence-electron chi connectivity index (χ2n) is 1.30. The second kappa shape index (κ2) is 4.81. The van der Waals surface area contributed by atoms with Crippen LogP contribution in [0, 0.1) is 0 Å². The van der Waals surface area contributed by atoms with E-state index in [4.69, 9.17) is 17.5 Å². The molecule has 0 aromatic carbocycles. The summed E-state index contributed by atoms with van der Waals surface area (Å²) >= 11 is 6.69. The van der Waals surface area contributed by atoms with Gasteiger partial charge in [0.15, 0.2) is 0 Å². The molecule has 0 spiro atoms. The van der Waals surface area contributed by atoms with E-state index in [0.29, 0.717) is 10.0 Å². The number of nitrogens with two attached hydrogens (primary N) is 1. The zero-order valence-electron chi connectivity index (χ0n) is 4.78. The maximum Gasteiger partial charge on any atom is 0.140 e. The first kappa shape index (κ1) is 10.1. The van der Waals surface area contributed by atoms with Crippen LogP contribution in [0.1, 0.15) is 5.69 Å². The summed E-state index contributed by atoms with van der Waals surface area (Å²) in [5.74, 6) is 4.77. The van der Waals surface area contributed by atoms with Crippen molar-refractivity contribution in [3.8, 4) is 0 Å². The Morgan fingerprint density at radius 3 is 2.80 bits per heavy atom. The molecule has 7 heteroatoms. The van der Waals surface area contributed by atoms with Gasteiger partial charge in [-0.2, -0.15) is 0 Å². The van der Waals surface area contributed by atoms with Gasteiger partial charge in [0, 0.05) is 11.5 Å². The summed E-state index contributed by atoms with van der Waals surface area (Å²) < 4.78 is 4.09. The van der Waals surface area contributed by atoms with Gasteiger partial charge >= 0.3 is 0 Å². The van der Waals surface area contributed by atoms with Crippen molar-refractivity contribution in [3.63, 3.8) is 0 Å². The highest BCUT2D eigenvalue weighted by Crippen LogP contribution is 2.16. The third kappa shape index (κ3) is 2.36. The molecule has 1 heterocycles. The molecule has 0 unspecified atom stereocenters. The lowest BCUT2D eigenvalue weighted by atomic mass is 10.5. The monoisotopic (exact) mass is 201 g/mol. The highest BCUT2D eigenvalue weighted by Gasteiger charge is 2.02. The van der Waals surface area contributed by atoms with Crippen molar-refractivity contribution >= 4 is 35.5 Å². The Bertz CT molecular complexity index is 194. The molecule has 1 aromatic rings. The summed E-state index contributed by atoms with van der Waals surface area (Å²) in [6, 6.07) is 0. The molecule has 10 heavy (non-hydrogen) atoms. The van der Waals surface area contributed by atoms with E-state index < -0.39 is 0 Å². The molecule has 2 N–H and O–H groups in total. The van der Waals surface area contributed by atoms with Gasteiger partial charge in [-0.25, -0.2) is 5.90 Å². The first-order valence-corrected chi connectivity index (χ1v) is 3.28. The van der Waals surface area contributed by atoms with Crippen molar-refractivity contribution in [1.82, 2.24) is 9.59 Å². The summed E-state index contributed by atoms with van der Waals surface area (Å²) in [5.41, 5.74) is 0.587. The maximum atomic E-state index is 5.58. The van der Waals surface area contributed by atoms with Gasteiger partial charge in [0.05, 0.1) is 0 Å². The molecule has 0 aliphatic rings. The van der Waals surface area contributed by atoms with Crippen LogP contribution in [0.2, 0.25) is 4.34 Å². The third-order valence-corrected chi connectivity index (χ3v) is 1.71. The Morgan fingerprint density at radius 1 is 1.70 bits per heavy atom. The topological polar surface area (TPSA) is 61.0 Å². The molecular weight excluding hydrogens is 197 g/mol. The van der Waals surface area contributed by atoms with Crippen LogP contribution in [-0.2, 0) is 11.4 Å². The Balaban J connectivity index is 0.000000810. The smallest absolute Gasteiger partial charge is 0.140 e. The Kier molecular flexibility index (Phi) is 4.84. The first-order chi connectivity index (χ1) is 4.34. The van der Waals surface area contributed by atoms with Crippen LogP contribution in [0.15, 0.2) is 0 Å². The van der Waals surface area contributed by atoms with Crippen LogP contribution in [0.4, 0.5) is 0 Å². The van der Waals surface area contributed by atoms with Crippen LogP contribution in [0.25, 0.3) is 0 Å². The number of hydrogen-bond donors (Lipinski definition) is 1. The van der Waals surface area contributed by atoms with Gasteiger partial charge in [-0.05, 0) is 0 Å². The molecule has 0 amide bonds. The van der Waals surface area contributed by atoms with Crippen LogP contribution < -0.4 is 5.90 Å². The number of aromatic nitrogens is 2. The Morgan fingerprint density at radius 2 is 2.40 bits per heavy atom. The van der Waals surface area contributed by atoms with Crippen molar-refractivity contribution in [2.24, 2.45) is 5.90 Å². The van der Waals surface area contributed by atoms with Crippen molar-refractivity contribution in [3.05, 3.63) is 10.0 Å². The van der Waals surface area contributed by atoms with E-state index in [9.17, 15) is 0 Å². The van der Waals surface area contributed by atoms with Crippen LogP contribution in [0.3, 0.4) is 0 Å². The fourth-order valence-electron chi connectivity index (χ4n) is 0.362. The zero-order valence-corrected chi connectivity index (χ0v) is 7.17. The van der Waals surface area contributed by atoms with Crippen molar-refractivity contribution in [2.75, 3.05) is 0 Å². The largest absolute Gasteiger partial charge is 0.298 e. The second-order valence-corrected chi connectivity index (χ2v) is 2.66. The molecule has 4 nitrogen and oxygen atoms in total. The van der Waals surface area contributed by atoms with Gasteiger partial charge in [-0.3, -0.25) is 4.84 Å². The van der Waals surface area contributed by atoms with Crippen LogP contribution in [0.5, 0.6) is 0 Å². The normalized spacial score (nSPS) is 9.00. The third-order valence-electron chi connectivity index (χ3n) is 0.729. The lowest BCUT2D eigenvalue weighted by Crippen LogP contribution is -1.99. The molecule has 1 rings (SSSR count). The molecule has 0 radical (unpaired) electrons. The molecule has 0 aliphatic heterocycles. The van der Waals surface area contributed by atoms with Gasteiger partial charge in [-0.1, -0.05) is 16.1 Å². The predicted octanol–water partition coefficient (Wildman–Crippen LogP) is 1.00. The summed E-state index contributed by atoms with van der Waals surface area (Å²) in [5, 5.41) is 3.64. The molecule has 58 valence electrons. The summed E-state index contributed by atoms with van der Waals surface area (Å²) in [4.78, 5) is 4.29. The number of halogens is 2. The predicted molar refractivity (Wildman–Crippen MR) is 41.1 cm³/mol. The van der Waals surface area contributed by atoms with E-state index in [1.165, 1.54) is 0 Å². The maximum absolute atomic E-state index is 5.58. The molecule has 0 saturated carbocycles. The average molecular weight is 202 g/mol. The van der Waals surface area contributed by atoms with Gasteiger partial charge in [0.2, 0.25) is 0 Å². The lowest BCUT2D eigenvalue weighted by Gasteiger charge is -1.88. The van der Waals surface area contributed by atoms with Gasteiger partial charge in [-0.15, -0.1) is 17.5 Å². The SMILES string of the molecule is Cl.NOCc1nnsc1Cl. The number of rotatable bonds is 2. The van der Waals surface area contributed by atoms with E-state index in [0.717, 1.165) is 11.5 Å². The summed E-state index contributed by atoms with van der Waals surface area (Å²) in [6.07, 6.45) is 0. The van der Waals surface area contributed by atoms with Crippen molar-refractivity contribution < 1.29 is 4.84 Å². The highest BCUT2D eigenvalue weighted by molar-refractivity contribution is 7.10. The van der Waals surface area contributed by atoms with E-state index in [-0.39, 0.29) is 19.0 Å². The minimum atomic E-state index is 0. The molecule has 0 saturated heterocycles. The fraction of sp³-hybridized carbons (Fsp3) is 0.333. The lowest BCUT2D eigenvalue weighted by molar-refractivity contribution is 0.121. The first-order valence-electron chi connectivity index (χ1n) is 2.13. The number of nitrogens with zero attached hydrogens (tertiary/aromatic N) is 2. The Hall–Kier alpha value is 0.0600. The number of hydrogen-bond acceptors (Lipinski definition) is 5. The van der Waals surface area contributed by atoms with E-state index in [1.807, 2.05) is 0 Å². The standard InChI is InChI=1S/C3H4ClN3OS.ClH/c4-3-2(1-8-5)6-7-9-3;/h1,5H2;1H. The van der Waals surface area contributed by atoms with Crippen molar-refractivity contribution in [1.29, 1.82) is 0 Å². The average Bonchev–Trinajstić information content (AvgIpc) is 2.18. The summed E-state index contributed by atoms with van der Waals surface area (Å²) in [7, 11) is 0. The molecule has 0 fully saturated rings. The molecule has 0 atom stereocenters. The molecule has 0 aliphatic carbocycles. The van der Waals surface area contributed by atoms with E-state index in [2.05, 4.69) is 14.4 Å². The Labute approximate surface area is 72.8 Å². The fourth-order valence-corrected chi connectivity index (χ4v) is 0.963.